The zero-order valence-electron chi connectivity index (χ0n) is 15.6. The summed E-state index contributed by atoms with van der Waals surface area (Å²) in [6.07, 6.45) is 1.37. The number of benzene rings is 2. The maximum absolute atomic E-state index is 13.2. The van der Waals surface area contributed by atoms with Crippen molar-refractivity contribution in [2.45, 2.75) is 30.3 Å². The van der Waals surface area contributed by atoms with Crippen LogP contribution in [-0.2, 0) is 23.6 Å². The molecule has 2 aromatic carbocycles. The van der Waals surface area contributed by atoms with Gasteiger partial charge >= 0.3 is 5.69 Å². The van der Waals surface area contributed by atoms with Crippen LogP contribution in [0.25, 0.3) is 0 Å². The zero-order chi connectivity index (χ0) is 19.7. The van der Waals surface area contributed by atoms with E-state index in [1.165, 1.54) is 8.99 Å². The fourth-order valence-electron chi connectivity index (χ4n) is 3.70. The first-order valence-electron chi connectivity index (χ1n) is 9.23. The Morgan fingerprint density at radius 2 is 1.68 bits per heavy atom. The summed E-state index contributed by atoms with van der Waals surface area (Å²) in [7, 11) is -2.06. The van der Waals surface area contributed by atoms with Crippen molar-refractivity contribution in [1.29, 1.82) is 0 Å². The molecule has 28 heavy (non-hydrogen) atoms. The minimum absolute atomic E-state index is 0.247. The Kier molecular flexibility index (Phi) is 4.91. The molecule has 0 bridgehead atoms. The van der Waals surface area contributed by atoms with Crippen LogP contribution in [0.15, 0.2) is 70.4 Å². The molecule has 0 aliphatic carbocycles. The lowest BCUT2D eigenvalue weighted by molar-refractivity contribution is 0.372. The van der Waals surface area contributed by atoms with E-state index in [1.54, 1.807) is 41.9 Å². The quantitative estimate of drug-likeness (QED) is 0.660. The molecule has 1 aliphatic heterocycles. The van der Waals surface area contributed by atoms with Crippen LogP contribution in [0, 0.1) is 0 Å². The number of hydrogen-bond donors (Lipinski definition) is 0. The number of aromatic nitrogens is 3. The summed E-state index contributed by atoms with van der Waals surface area (Å²) >= 11 is 0. The normalized spacial score (nSPS) is 17.8. The fraction of sp³-hybridized carbons (Fsp3) is 0.300. The van der Waals surface area contributed by atoms with Crippen LogP contribution >= 0.6 is 0 Å². The van der Waals surface area contributed by atoms with E-state index in [2.05, 4.69) is 5.10 Å². The second-order valence-corrected chi connectivity index (χ2v) is 8.81. The highest BCUT2D eigenvalue weighted by Crippen LogP contribution is 2.35. The van der Waals surface area contributed by atoms with Crippen LogP contribution in [0.3, 0.4) is 0 Å². The van der Waals surface area contributed by atoms with E-state index in [0.717, 1.165) is 12.0 Å². The zero-order valence-corrected chi connectivity index (χ0v) is 16.4. The third-order valence-electron chi connectivity index (χ3n) is 5.07. The molecule has 8 heteroatoms. The molecular formula is C20H22N4O3S. The van der Waals surface area contributed by atoms with Crippen molar-refractivity contribution >= 4 is 10.0 Å². The molecule has 0 N–H and O–H groups in total. The van der Waals surface area contributed by atoms with Gasteiger partial charge in [0.25, 0.3) is 0 Å². The van der Waals surface area contributed by atoms with Gasteiger partial charge in [0.1, 0.15) is 0 Å². The Labute approximate surface area is 163 Å². The first-order chi connectivity index (χ1) is 13.5. The second-order valence-electron chi connectivity index (χ2n) is 6.92. The number of rotatable bonds is 5. The predicted octanol–water partition coefficient (Wildman–Crippen LogP) is 2.16. The average Bonchev–Trinajstić information content (AvgIpc) is 3.31. The molecule has 1 aliphatic rings. The molecule has 2 heterocycles. The van der Waals surface area contributed by atoms with E-state index in [0.29, 0.717) is 25.3 Å². The second kappa shape index (κ2) is 7.37. The van der Waals surface area contributed by atoms with Gasteiger partial charge in [0.15, 0.2) is 5.82 Å². The van der Waals surface area contributed by atoms with E-state index >= 15 is 0 Å². The van der Waals surface area contributed by atoms with Gasteiger partial charge in [-0.2, -0.15) is 9.40 Å². The Hall–Kier alpha value is -2.71. The molecule has 1 aromatic heterocycles. The smallest absolute Gasteiger partial charge is 0.273 e. The van der Waals surface area contributed by atoms with Gasteiger partial charge in [-0.1, -0.05) is 48.5 Å². The maximum Gasteiger partial charge on any atom is 0.346 e. The largest absolute Gasteiger partial charge is 0.346 e. The summed E-state index contributed by atoms with van der Waals surface area (Å²) < 4.78 is 30.7. The minimum Gasteiger partial charge on any atom is -0.273 e. The Morgan fingerprint density at radius 1 is 1.04 bits per heavy atom. The van der Waals surface area contributed by atoms with Gasteiger partial charge in [0, 0.05) is 13.6 Å². The van der Waals surface area contributed by atoms with Gasteiger partial charge in [0.05, 0.1) is 17.5 Å². The van der Waals surface area contributed by atoms with Crippen molar-refractivity contribution in [3.63, 3.8) is 0 Å². The number of aryl methyl sites for hydroxylation is 1. The number of nitrogens with zero attached hydrogens (tertiary/aromatic N) is 4. The third kappa shape index (κ3) is 3.29. The van der Waals surface area contributed by atoms with Crippen molar-refractivity contribution in [2.24, 2.45) is 7.05 Å². The molecule has 4 rings (SSSR count). The SMILES string of the molecule is Cn1nc(C2CCCN2S(=O)(=O)c2ccccc2)n(Cc2ccccc2)c1=O. The first-order valence-corrected chi connectivity index (χ1v) is 10.7. The highest BCUT2D eigenvalue weighted by atomic mass is 32.2. The van der Waals surface area contributed by atoms with Crippen molar-refractivity contribution in [3.8, 4) is 0 Å². The summed E-state index contributed by atoms with van der Waals surface area (Å²) in [5.74, 6) is 0.494. The van der Waals surface area contributed by atoms with Crippen LogP contribution in [0.1, 0.15) is 30.3 Å². The average molecular weight is 398 g/mol. The third-order valence-corrected chi connectivity index (χ3v) is 6.99. The molecule has 1 unspecified atom stereocenters. The molecule has 146 valence electrons. The molecule has 1 fully saturated rings. The highest BCUT2D eigenvalue weighted by Gasteiger charge is 2.39. The molecule has 0 radical (unpaired) electrons. The van der Waals surface area contributed by atoms with Gasteiger partial charge in [-0.25, -0.2) is 17.9 Å². The van der Waals surface area contributed by atoms with Crippen LogP contribution in [-0.4, -0.2) is 33.6 Å². The highest BCUT2D eigenvalue weighted by molar-refractivity contribution is 7.89. The molecule has 0 saturated carbocycles. The van der Waals surface area contributed by atoms with Crippen molar-refractivity contribution < 1.29 is 8.42 Å². The standard InChI is InChI=1S/C20H22N4O3S/c1-22-20(25)23(15-16-9-4-2-5-10-16)19(21-22)18-13-8-14-24(18)28(26,27)17-11-6-3-7-12-17/h2-7,9-12,18H,8,13-15H2,1H3. The van der Waals surface area contributed by atoms with E-state index in [1.807, 2.05) is 30.3 Å². The molecule has 7 nitrogen and oxygen atoms in total. The lowest BCUT2D eigenvalue weighted by atomic mass is 10.2. The van der Waals surface area contributed by atoms with E-state index in [4.69, 9.17) is 0 Å². The lowest BCUT2D eigenvalue weighted by Gasteiger charge is -2.23. The van der Waals surface area contributed by atoms with Crippen molar-refractivity contribution in [1.82, 2.24) is 18.7 Å². The Balaban J connectivity index is 1.74. The first kappa shape index (κ1) is 18.6. The number of hydrogen-bond acceptors (Lipinski definition) is 4. The summed E-state index contributed by atoms with van der Waals surface area (Å²) in [6.45, 7) is 0.774. The van der Waals surface area contributed by atoms with Crippen molar-refractivity contribution in [3.05, 3.63) is 82.5 Å². The Morgan fingerprint density at radius 3 is 2.36 bits per heavy atom. The maximum atomic E-state index is 13.2. The van der Waals surface area contributed by atoms with Gasteiger partial charge < -0.3 is 0 Å². The molecule has 0 spiro atoms. The number of sulfonamides is 1. The predicted molar refractivity (Wildman–Crippen MR) is 105 cm³/mol. The summed E-state index contributed by atoms with van der Waals surface area (Å²) in [6, 6.07) is 17.6. The summed E-state index contributed by atoms with van der Waals surface area (Å²) in [5.41, 5.74) is 0.720. The summed E-state index contributed by atoms with van der Waals surface area (Å²) in [4.78, 5) is 12.9. The molecule has 0 amide bonds. The van der Waals surface area contributed by atoms with Crippen LogP contribution in [0.4, 0.5) is 0 Å². The van der Waals surface area contributed by atoms with Crippen LogP contribution < -0.4 is 5.69 Å². The topological polar surface area (TPSA) is 77.2 Å². The molecule has 1 atom stereocenters. The summed E-state index contributed by atoms with van der Waals surface area (Å²) in [5, 5.41) is 4.41. The van der Waals surface area contributed by atoms with Crippen LogP contribution in [0.2, 0.25) is 0 Å². The molecule has 3 aromatic rings. The fourth-order valence-corrected chi connectivity index (χ4v) is 5.37. The van der Waals surface area contributed by atoms with Gasteiger partial charge in [-0.15, -0.1) is 0 Å². The lowest BCUT2D eigenvalue weighted by Crippen LogP contribution is -2.33. The monoisotopic (exact) mass is 398 g/mol. The van der Waals surface area contributed by atoms with Crippen LogP contribution in [0.5, 0.6) is 0 Å². The van der Waals surface area contributed by atoms with Gasteiger partial charge in [-0.05, 0) is 30.5 Å². The molecular weight excluding hydrogens is 376 g/mol. The van der Waals surface area contributed by atoms with Gasteiger partial charge in [0.2, 0.25) is 10.0 Å². The van der Waals surface area contributed by atoms with Gasteiger partial charge in [-0.3, -0.25) is 4.57 Å². The Bertz CT molecular complexity index is 1120. The minimum atomic E-state index is -3.66. The van der Waals surface area contributed by atoms with E-state index < -0.39 is 16.1 Å². The van der Waals surface area contributed by atoms with E-state index in [9.17, 15) is 13.2 Å². The van der Waals surface area contributed by atoms with E-state index in [-0.39, 0.29) is 10.6 Å². The van der Waals surface area contributed by atoms with Crippen molar-refractivity contribution in [2.75, 3.05) is 6.54 Å². The molecule has 1 saturated heterocycles.